The van der Waals surface area contributed by atoms with Crippen molar-refractivity contribution in [3.05, 3.63) is 51.5 Å². The van der Waals surface area contributed by atoms with Gasteiger partial charge in [0.2, 0.25) is 0 Å². The minimum Gasteiger partial charge on any atom is -0.319 e. The number of aromatic nitrogens is 2. The third-order valence-electron chi connectivity index (χ3n) is 2.72. The molecule has 2 aromatic carbocycles. The second kappa shape index (κ2) is 5.47. The highest BCUT2D eigenvalue weighted by atomic mass is 79.9. The fraction of sp³-hybridized carbons (Fsp3) is 0. The van der Waals surface area contributed by atoms with Crippen molar-refractivity contribution >= 4 is 61.9 Å². The van der Waals surface area contributed by atoms with Gasteiger partial charge in [-0.2, -0.15) is 8.75 Å². The lowest BCUT2D eigenvalue weighted by Crippen LogP contribution is -2.12. The molecule has 0 fully saturated rings. The summed E-state index contributed by atoms with van der Waals surface area (Å²) in [4.78, 5) is 12.2. The van der Waals surface area contributed by atoms with Crippen LogP contribution in [0.3, 0.4) is 0 Å². The number of rotatable bonds is 2. The number of halogens is 2. The van der Waals surface area contributed by atoms with E-state index in [2.05, 4.69) is 30.0 Å². The van der Waals surface area contributed by atoms with E-state index in [0.717, 1.165) is 16.2 Å². The van der Waals surface area contributed by atoms with E-state index >= 15 is 0 Å². The quantitative estimate of drug-likeness (QED) is 0.731. The minimum atomic E-state index is -0.236. The van der Waals surface area contributed by atoms with Crippen molar-refractivity contribution in [3.8, 4) is 0 Å². The number of carbonyl (C=O) groups excluding carboxylic acids is 1. The zero-order valence-electron chi connectivity index (χ0n) is 9.93. The number of fused-ring (bicyclic) bond motifs is 1. The van der Waals surface area contributed by atoms with Crippen molar-refractivity contribution < 1.29 is 4.79 Å². The molecule has 0 spiro atoms. The Balaban J connectivity index is 1.96. The molecule has 20 heavy (non-hydrogen) atoms. The SMILES string of the molecule is O=C(Nc1c(Cl)ccc2nsnc12)c1ccc(Br)cc1. The van der Waals surface area contributed by atoms with Crippen LogP contribution in [0.15, 0.2) is 40.9 Å². The second-order valence-corrected chi connectivity index (χ2v) is 5.87. The molecule has 0 bridgehead atoms. The van der Waals surface area contributed by atoms with Crippen molar-refractivity contribution in [1.29, 1.82) is 0 Å². The van der Waals surface area contributed by atoms with Crippen molar-refractivity contribution in [3.63, 3.8) is 0 Å². The molecule has 1 N–H and O–H groups in total. The van der Waals surface area contributed by atoms with E-state index in [-0.39, 0.29) is 5.91 Å². The monoisotopic (exact) mass is 367 g/mol. The Morgan fingerprint density at radius 1 is 1.15 bits per heavy atom. The first-order chi connectivity index (χ1) is 9.65. The average Bonchev–Trinajstić information content (AvgIpc) is 2.91. The number of nitrogens with zero attached hydrogens (tertiary/aromatic N) is 2. The first-order valence-electron chi connectivity index (χ1n) is 5.63. The molecule has 0 aliphatic rings. The summed E-state index contributed by atoms with van der Waals surface area (Å²) < 4.78 is 9.21. The highest BCUT2D eigenvalue weighted by Crippen LogP contribution is 2.30. The van der Waals surface area contributed by atoms with E-state index < -0.39 is 0 Å². The van der Waals surface area contributed by atoms with Gasteiger partial charge in [0.25, 0.3) is 5.91 Å². The molecule has 0 saturated heterocycles. The molecule has 0 aliphatic carbocycles. The number of carbonyl (C=O) groups is 1. The van der Waals surface area contributed by atoms with E-state index in [1.807, 2.05) is 12.1 Å². The number of amides is 1. The molecule has 7 heteroatoms. The van der Waals surface area contributed by atoms with Crippen molar-refractivity contribution in [2.45, 2.75) is 0 Å². The maximum absolute atomic E-state index is 12.2. The lowest BCUT2D eigenvalue weighted by Gasteiger charge is -2.07. The van der Waals surface area contributed by atoms with Gasteiger partial charge in [-0.25, -0.2) is 0 Å². The average molecular weight is 369 g/mol. The number of anilines is 1. The van der Waals surface area contributed by atoms with Crippen LogP contribution >= 0.6 is 39.3 Å². The first kappa shape index (κ1) is 13.5. The Labute approximate surface area is 132 Å². The molecule has 1 heterocycles. The summed E-state index contributed by atoms with van der Waals surface area (Å²) in [6, 6.07) is 10.5. The van der Waals surface area contributed by atoms with Crippen LogP contribution in [0.25, 0.3) is 11.0 Å². The van der Waals surface area contributed by atoms with Gasteiger partial charge in [-0.1, -0.05) is 27.5 Å². The van der Waals surface area contributed by atoms with Gasteiger partial charge in [-0.3, -0.25) is 4.79 Å². The molecule has 1 amide bonds. The van der Waals surface area contributed by atoms with E-state index in [4.69, 9.17) is 11.6 Å². The normalized spacial score (nSPS) is 10.7. The molecule has 3 aromatic rings. The highest BCUT2D eigenvalue weighted by Gasteiger charge is 2.14. The summed E-state index contributed by atoms with van der Waals surface area (Å²) in [5.74, 6) is -0.236. The lowest BCUT2D eigenvalue weighted by atomic mass is 10.2. The predicted molar refractivity (Wildman–Crippen MR) is 84.5 cm³/mol. The fourth-order valence-electron chi connectivity index (χ4n) is 1.73. The number of hydrogen-bond donors (Lipinski definition) is 1. The molecule has 100 valence electrons. The van der Waals surface area contributed by atoms with Crippen LogP contribution in [-0.4, -0.2) is 14.7 Å². The van der Waals surface area contributed by atoms with Crippen LogP contribution in [0.5, 0.6) is 0 Å². The van der Waals surface area contributed by atoms with Crippen molar-refractivity contribution in [2.75, 3.05) is 5.32 Å². The fourth-order valence-corrected chi connectivity index (χ4v) is 2.74. The minimum absolute atomic E-state index is 0.236. The topological polar surface area (TPSA) is 54.9 Å². The molecular formula is C13H7BrClN3OS. The molecule has 1 aromatic heterocycles. The standard InChI is InChI=1S/C13H7BrClN3OS/c14-8-3-1-7(2-4-8)13(19)16-11-9(15)5-6-10-12(11)18-20-17-10/h1-6H,(H,16,19). The van der Waals surface area contributed by atoms with Crippen molar-refractivity contribution in [2.24, 2.45) is 0 Å². The van der Waals surface area contributed by atoms with E-state index in [9.17, 15) is 4.79 Å². The summed E-state index contributed by atoms with van der Waals surface area (Å²) in [6.45, 7) is 0. The van der Waals surface area contributed by atoms with Gasteiger partial charge < -0.3 is 5.32 Å². The molecule has 0 saturated carbocycles. The molecule has 3 rings (SSSR count). The van der Waals surface area contributed by atoms with Crippen molar-refractivity contribution in [1.82, 2.24) is 8.75 Å². The van der Waals surface area contributed by atoms with Crippen LogP contribution in [0, 0.1) is 0 Å². The molecular weight excluding hydrogens is 362 g/mol. The van der Waals surface area contributed by atoms with Crippen LogP contribution in [0.2, 0.25) is 5.02 Å². The Hall–Kier alpha value is -1.50. The Morgan fingerprint density at radius 3 is 2.65 bits per heavy atom. The highest BCUT2D eigenvalue weighted by molar-refractivity contribution is 9.10. The number of hydrogen-bond acceptors (Lipinski definition) is 4. The molecule has 0 aliphatic heterocycles. The van der Waals surface area contributed by atoms with Gasteiger partial charge in [0.1, 0.15) is 11.0 Å². The smallest absolute Gasteiger partial charge is 0.255 e. The first-order valence-corrected chi connectivity index (χ1v) is 7.53. The molecule has 0 radical (unpaired) electrons. The zero-order chi connectivity index (χ0) is 14.1. The Bertz CT molecular complexity index is 788. The summed E-state index contributed by atoms with van der Waals surface area (Å²) >= 11 is 10.5. The maximum atomic E-state index is 12.2. The van der Waals surface area contributed by atoms with Gasteiger partial charge in [0.15, 0.2) is 0 Å². The summed E-state index contributed by atoms with van der Waals surface area (Å²) in [5.41, 5.74) is 2.36. The van der Waals surface area contributed by atoms with Crippen LogP contribution in [-0.2, 0) is 0 Å². The van der Waals surface area contributed by atoms with Gasteiger partial charge in [-0.05, 0) is 36.4 Å². The molecule has 0 unspecified atom stereocenters. The summed E-state index contributed by atoms with van der Waals surface area (Å²) in [5, 5.41) is 3.23. The number of nitrogens with one attached hydrogen (secondary N) is 1. The van der Waals surface area contributed by atoms with Crippen LogP contribution in [0.4, 0.5) is 5.69 Å². The van der Waals surface area contributed by atoms with Gasteiger partial charge in [-0.15, -0.1) is 0 Å². The summed E-state index contributed by atoms with van der Waals surface area (Å²) in [6.07, 6.45) is 0. The van der Waals surface area contributed by atoms with Gasteiger partial charge in [0, 0.05) is 10.0 Å². The third kappa shape index (κ3) is 2.54. The number of benzene rings is 2. The lowest BCUT2D eigenvalue weighted by molar-refractivity contribution is 0.102. The summed E-state index contributed by atoms with van der Waals surface area (Å²) in [7, 11) is 0. The predicted octanol–water partition coefficient (Wildman–Crippen LogP) is 4.36. The van der Waals surface area contributed by atoms with Crippen LogP contribution in [0.1, 0.15) is 10.4 Å². The zero-order valence-corrected chi connectivity index (χ0v) is 13.1. The van der Waals surface area contributed by atoms with E-state index in [1.54, 1.807) is 24.3 Å². The third-order valence-corrected chi connectivity index (χ3v) is 4.11. The largest absolute Gasteiger partial charge is 0.319 e. The Kier molecular flexibility index (Phi) is 3.69. The van der Waals surface area contributed by atoms with Crippen LogP contribution < -0.4 is 5.32 Å². The molecule has 0 atom stereocenters. The second-order valence-electron chi connectivity index (χ2n) is 4.02. The van der Waals surface area contributed by atoms with E-state index in [0.29, 0.717) is 27.3 Å². The Morgan fingerprint density at radius 2 is 1.90 bits per heavy atom. The van der Waals surface area contributed by atoms with Gasteiger partial charge >= 0.3 is 0 Å². The van der Waals surface area contributed by atoms with E-state index in [1.165, 1.54) is 0 Å². The maximum Gasteiger partial charge on any atom is 0.255 e. The molecule has 4 nitrogen and oxygen atoms in total. The van der Waals surface area contributed by atoms with Gasteiger partial charge in [0.05, 0.1) is 22.4 Å².